The van der Waals surface area contributed by atoms with E-state index in [1.807, 2.05) is 6.07 Å². The van der Waals surface area contributed by atoms with Crippen molar-refractivity contribution in [2.24, 2.45) is 0 Å². The topological polar surface area (TPSA) is 20.2 Å². The summed E-state index contributed by atoms with van der Waals surface area (Å²) in [7, 11) is 0. The average molecular weight is 455 g/mol. The van der Waals surface area contributed by atoms with Gasteiger partial charge in [0, 0.05) is 5.56 Å². The van der Waals surface area contributed by atoms with E-state index in [1.165, 1.54) is 103 Å². The molecule has 0 bridgehead atoms. The number of rotatable bonds is 13. The molecule has 0 heterocycles. The summed E-state index contributed by atoms with van der Waals surface area (Å²) in [5.74, 6) is 0.447. The van der Waals surface area contributed by atoms with E-state index in [1.54, 1.807) is 0 Å². The first kappa shape index (κ1) is 24.6. The molecule has 0 fully saturated rings. The summed E-state index contributed by atoms with van der Waals surface area (Å²) in [6.07, 6.45) is 16.0. The molecular formula is C33H42O. The van der Waals surface area contributed by atoms with Crippen LogP contribution in [0.3, 0.4) is 0 Å². The van der Waals surface area contributed by atoms with Crippen LogP contribution in [0.1, 0.15) is 100 Å². The van der Waals surface area contributed by atoms with E-state index in [0.717, 1.165) is 24.8 Å². The molecule has 0 aromatic heterocycles. The third kappa shape index (κ3) is 5.57. The summed E-state index contributed by atoms with van der Waals surface area (Å²) < 4.78 is 0. The Bertz CT molecular complexity index is 1080. The molecule has 0 radical (unpaired) electrons. The Labute approximate surface area is 207 Å². The van der Waals surface area contributed by atoms with Crippen molar-refractivity contribution in [1.29, 1.82) is 0 Å². The van der Waals surface area contributed by atoms with Crippen LogP contribution in [0.15, 0.2) is 54.6 Å². The normalized spacial score (nSPS) is 12.1. The van der Waals surface area contributed by atoms with E-state index >= 15 is 0 Å². The Morgan fingerprint density at radius 3 is 2.09 bits per heavy atom. The van der Waals surface area contributed by atoms with Gasteiger partial charge in [-0.2, -0.15) is 0 Å². The molecule has 0 unspecified atom stereocenters. The number of benzene rings is 3. The highest BCUT2D eigenvalue weighted by molar-refractivity contribution is 5.87. The van der Waals surface area contributed by atoms with Crippen molar-refractivity contribution in [2.75, 3.05) is 0 Å². The summed E-state index contributed by atoms with van der Waals surface area (Å²) in [5, 5.41) is 11.2. The summed E-state index contributed by atoms with van der Waals surface area (Å²) in [4.78, 5) is 0. The van der Waals surface area contributed by atoms with Gasteiger partial charge in [0.2, 0.25) is 0 Å². The van der Waals surface area contributed by atoms with Gasteiger partial charge in [-0.15, -0.1) is 0 Å². The highest BCUT2D eigenvalue weighted by Gasteiger charge is 2.24. The molecular weight excluding hydrogens is 412 g/mol. The van der Waals surface area contributed by atoms with Gasteiger partial charge in [0.25, 0.3) is 0 Å². The van der Waals surface area contributed by atoms with Crippen molar-refractivity contribution in [3.8, 4) is 28.0 Å². The number of unbranched alkanes of at least 4 members (excludes halogenated alkanes) is 8. The van der Waals surface area contributed by atoms with Gasteiger partial charge in [0.15, 0.2) is 0 Å². The molecule has 180 valence electrons. The van der Waals surface area contributed by atoms with Crippen molar-refractivity contribution >= 4 is 0 Å². The van der Waals surface area contributed by atoms with Crippen LogP contribution in [0.2, 0.25) is 0 Å². The molecule has 34 heavy (non-hydrogen) atoms. The molecule has 0 saturated heterocycles. The van der Waals surface area contributed by atoms with Gasteiger partial charge in [-0.05, 0) is 77.1 Å². The average Bonchev–Trinajstić information content (AvgIpc) is 3.24. The van der Waals surface area contributed by atoms with E-state index in [-0.39, 0.29) is 0 Å². The first-order chi connectivity index (χ1) is 16.7. The summed E-state index contributed by atoms with van der Waals surface area (Å²) in [6.45, 7) is 4.55. The number of hydrogen-bond acceptors (Lipinski definition) is 1. The second-order valence-electron chi connectivity index (χ2n) is 10.1. The minimum Gasteiger partial charge on any atom is -0.507 e. The zero-order valence-corrected chi connectivity index (χ0v) is 21.3. The minimum atomic E-state index is 0.447. The predicted octanol–water partition coefficient (Wildman–Crippen LogP) is 9.66. The van der Waals surface area contributed by atoms with E-state index in [0.29, 0.717) is 5.75 Å². The van der Waals surface area contributed by atoms with Crippen molar-refractivity contribution in [2.45, 2.75) is 97.3 Å². The van der Waals surface area contributed by atoms with Crippen LogP contribution in [-0.4, -0.2) is 5.11 Å². The molecule has 1 nitrogen and oxygen atoms in total. The quantitative estimate of drug-likeness (QED) is 0.199. The number of aryl methyl sites for hydroxylation is 1. The monoisotopic (exact) mass is 454 g/mol. The lowest BCUT2D eigenvalue weighted by Gasteiger charge is -2.19. The molecule has 3 aromatic carbocycles. The molecule has 1 heteroatoms. The van der Waals surface area contributed by atoms with Gasteiger partial charge in [-0.1, -0.05) is 114 Å². The Kier molecular flexibility index (Phi) is 8.85. The van der Waals surface area contributed by atoms with Crippen LogP contribution >= 0.6 is 0 Å². The fourth-order valence-corrected chi connectivity index (χ4v) is 5.71. The Balaban J connectivity index is 1.67. The molecule has 4 rings (SSSR count). The largest absolute Gasteiger partial charge is 0.507 e. The summed E-state index contributed by atoms with van der Waals surface area (Å²) in [6, 6.07) is 19.6. The molecule has 1 aliphatic carbocycles. The third-order valence-electron chi connectivity index (χ3n) is 7.59. The Hall–Kier alpha value is -2.54. The zero-order chi connectivity index (χ0) is 23.8. The Morgan fingerprint density at radius 2 is 1.26 bits per heavy atom. The van der Waals surface area contributed by atoms with Gasteiger partial charge in [-0.25, -0.2) is 0 Å². The lowest BCUT2D eigenvalue weighted by Crippen LogP contribution is -2.01. The maximum absolute atomic E-state index is 11.2. The molecule has 0 aliphatic heterocycles. The lowest BCUT2D eigenvalue weighted by atomic mass is 9.86. The highest BCUT2D eigenvalue weighted by Crippen LogP contribution is 2.45. The number of phenols is 1. The van der Waals surface area contributed by atoms with Gasteiger partial charge < -0.3 is 5.11 Å². The smallest absolute Gasteiger partial charge is 0.123 e. The standard InChI is InChI=1S/C33H42O/c1-3-5-7-9-10-12-19-28-25(16-11-8-6-4-2)22-23-32(34)33(28)30-21-15-20-29-27-18-14-13-17-26(27)24-31(29)30/h13-15,17-18,20-23,34H,3-12,16,19,24H2,1-2H3. The van der Waals surface area contributed by atoms with E-state index in [2.05, 4.69) is 62.4 Å². The Morgan fingerprint density at radius 1 is 0.618 bits per heavy atom. The van der Waals surface area contributed by atoms with Crippen LogP contribution in [0.5, 0.6) is 5.75 Å². The van der Waals surface area contributed by atoms with Crippen molar-refractivity contribution in [3.63, 3.8) is 0 Å². The second kappa shape index (κ2) is 12.2. The molecule has 1 N–H and O–H groups in total. The lowest BCUT2D eigenvalue weighted by molar-refractivity contribution is 0.476. The predicted molar refractivity (Wildman–Crippen MR) is 147 cm³/mol. The number of hydrogen-bond donors (Lipinski definition) is 1. The maximum Gasteiger partial charge on any atom is 0.123 e. The highest BCUT2D eigenvalue weighted by atomic mass is 16.3. The summed E-state index contributed by atoms with van der Waals surface area (Å²) >= 11 is 0. The van der Waals surface area contributed by atoms with E-state index in [4.69, 9.17) is 0 Å². The minimum absolute atomic E-state index is 0.447. The van der Waals surface area contributed by atoms with Crippen molar-refractivity contribution in [1.82, 2.24) is 0 Å². The first-order valence-corrected chi connectivity index (χ1v) is 13.8. The van der Waals surface area contributed by atoms with Crippen LogP contribution in [-0.2, 0) is 19.3 Å². The molecule has 0 amide bonds. The van der Waals surface area contributed by atoms with Crippen LogP contribution in [0, 0.1) is 0 Å². The van der Waals surface area contributed by atoms with Gasteiger partial charge in [-0.3, -0.25) is 0 Å². The van der Waals surface area contributed by atoms with Crippen LogP contribution in [0.4, 0.5) is 0 Å². The fraction of sp³-hybridized carbons (Fsp3) is 0.455. The SMILES string of the molecule is CCCCCCCCc1c(CCCCCC)ccc(O)c1-c1cccc2c1Cc1ccccc1-2. The molecule has 1 aliphatic rings. The van der Waals surface area contributed by atoms with Crippen molar-refractivity contribution < 1.29 is 5.11 Å². The maximum atomic E-state index is 11.2. The van der Waals surface area contributed by atoms with Gasteiger partial charge in [0.1, 0.15) is 5.75 Å². The molecule has 3 aromatic rings. The van der Waals surface area contributed by atoms with Gasteiger partial charge in [0.05, 0.1) is 0 Å². The fourth-order valence-electron chi connectivity index (χ4n) is 5.71. The number of fused-ring (bicyclic) bond motifs is 3. The summed E-state index contributed by atoms with van der Waals surface area (Å²) in [5.41, 5.74) is 10.7. The third-order valence-corrected chi connectivity index (χ3v) is 7.59. The number of phenolic OH excluding ortho intramolecular Hbond substituents is 1. The first-order valence-electron chi connectivity index (χ1n) is 13.8. The van der Waals surface area contributed by atoms with Crippen molar-refractivity contribution in [3.05, 3.63) is 76.9 Å². The second-order valence-corrected chi connectivity index (χ2v) is 10.1. The van der Waals surface area contributed by atoms with Crippen LogP contribution in [0.25, 0.3) is 22.3 Å². The molecule has 0 spiro atoms. The van der Waals surface area contributed by atoms with E-state index in [9.17, 15) is 5.11 Å². The zero-order valence-electron chi connectivity index (χ0n) is 21.3. The van der Waals surface area contributed by atoms with Crippen LogP contribution < -0.4 is 0 Å². The molecule has 0 saturated carbocycles. The molecule has 0 atom stereocenters. The van der Waals surface area contributed by atoms with Gasteiger partial charge >= 0.3 is 0 Å². The van der Waals surface area contributed by atoms with E-state index < -0.39 is 0 Å². The number of aromatic hydroxyl groups is 1.